The molecule has 22 heavy (non-hydrogen) atoms. The normalized spacial score (nSPS) is 23.1. The molecular weight excluding hydrogens is 318 g/mol. The lowest BCUT2D eigenvalue weighted by Crippen LogP contribution is -2.48. The van der Waals surface area contributed by atoms with Gasteiger partial charge in [-0.3, -0.25) is 4.79 Å². The standard InChI is InChI=1S/C16H31N3OS.ClH/c1-18-8-3-13(4-9-18)14-5-10-19(11-6-14)16(20)15(17)7-12-21-2;/h13-15H,3-12,17H2,1-2H3;1H/t15-;/m1./s1. The Balaban J connectivity index is 0.00000242. The minimum Gasteiger partial charge on any atom is -0.341 e. The van der Waals surface area contributed by atoms with Gasteiger partial charge in [0, 0.05) is 13.1 Å². The zero-order chi connectivity index (χ0) is 15.2. The van der Waals surface area contributed by atoms with E-state index in [2.05, 4.69) is 18.2 Å². The predicted molar refractivity (Wildman–Crippen MR) is 97.7 cm³/mol. The van der Waals surface area contributed by atoms with Crippen LogP contribution in [0, 0.1) is 11.8 Å². The maximum absolute atomic E-state index is 12.3. The molecule has 2 saturated heterocycles. The van der Waals surface area contributed by atoms with Gasteiger partial charge in [-0.25, -0.2) is 0 Å². The summed E-state index contributed by atoms with van der Waals surface area (Å²) in [6.07, 6.45) is 7.88. The number of hydrogen-bond donors (Lipinski definition) is 1. The monoisotopic (exact) mass is 349 g/mol. The predicted octanol–water partition coefficient (Wildman–Crippen LogP) is 2.07. The van der Waals surface area contributed by atoms with E-state index in [0.29, 0.717) is 0 Å². The number of carbonyl (C=O) groups excluding carboxylic acids is 1. The summed E-state index contributed by atoms with van der Waals surface area (Å²) < 4.78 is 0. The zero-order valence-electron chi connectivity index (χ0n) is 14.0. The van der Waals surface area contributed by atoms with Gasteiger partial charge in [-0.1, -0.05) is 0 Å². The molecule has 2 rings (SSSR count). The lowest BCUT2D eigenvalue weighted by Gasteiger charge is -2.40. The van der Waals surface area contributed by atoms with Crippen molar-refractivity contribution in [1.29, 1.82) is 0 Å². The molecule has 0 aromatic carbocycles. The Bertz CT molecular complexity index is 329. The van der Waals surface area contributed by atoms with Gasteiger partial charge >= 0.3 is 0 Å². The Morgan fingerprint density at radius 1 is 1.14 bits per heavy atom. The highest BCUT2D eigenvalue weighted by Gasteiger charge is 2.31. The van der Waals surface area contributed by atoms with Crippen LogP contribution in [-0.4, -0.2) is 67.0 Å². The molecule has 130 valence electrons. The lowest BCUT2D eigenvalue weighted by atomic mass is 9.79. The van der Waals surface area contributed by atoms with Gasteiger partial charge < -0.3 is 15.5 Å². The molecule has 0 radical (unpaired) electrons. The summed E-state index contributed by atoms with van der Waals surface area (Å²) in [7, 11) is 2.22. The summed E-state index contributed by atoms with van der Waals surface area (Å²) in [5.74, 6) is 2.85. The fourth-order valence-corrected chi connectivity index (χ4v) is 4.18. The van der Waals surface area contributed by atoms with E-state index in [4.69, 9.17) is 5.73 Å². The summed E-state index contributed by atoms with van der Waals surface area (Å²) in [6.45, 7) is 4.32. The van der Waals surface area contributed by atoms with Crippen molar-refractivity contribution in [3.63, 3.8) is 0 Å². The number of carbonyl (C=O) groups is 1. The summed E-state index contributed by atoms with van der Waals surface area (Å²) in [5.41, 5.74) is 6.02. The first-order valence-electron chi connectivity index (χ1n) is 8.33. The van der Waals surface area contributed by atoms with Gasteiger partial charge in [0.1, 0.15) is 0 Å². The summed E-state index contributed by atoms with van der Waals surface area (Å²) in [6, 6.07) is -0.294. The van der Waals surface area contributed by atoms with Gasteiger partial charge in [0.25, 0.3) is 0 Å². The molecule has 0 aromatic rings. The maximum atomic E-state index is 12.3. The van der Waals surface area contributed by atoms with Crippen molar-refractivity contribution in [3.8, 4) is 0 Å². The number of rotatable bonds is 5. The molecule has 0 bridgehead atoms. The summed E-state index contributed by atoms with van der Waals surface area (Å²) in [4.78, 5) is 16.8. The molecule has 2 aliphatic heterocycles. The highest BCUT2D eigenvalue weighted by Crippen LogP contribution is 2.32. The third-order valence-corrected chi connectivity index (χ3v) is 5.88. The van der Waals surface area contributed by atoms with E-state index < -0.39 is 0 Å². The van der Waals surface area contributed by atoms with Crippen molar-refractivity contribution in [2.24, 2.45) is 17.6 Å². The molecule has 0 aromatic heterocycles. The topological polar surface area (TPSA) is 49.6 Å². The first-order valence-corrected chi connectivity index (χ1v) is 9.73. The fourth-order valence-electron chi connectivity index (χ4n) is 3.69. The van der Waals surface area contributed by atoms with E-state index in [-0.39, 0.29) is 24.4 Å². The third-order valence-electron chi connectivity index (χ3n) is 5.23. The second kappa shape index (κ2) is 10.0. The van der Waals surface area contributed by atoms with Crippen LogP contribution in [0.2, 0.25) is 0 Å². The average Bonchev–Trinajstić information content (AvgIpc) is 2.53. The number of halogens is 1. The van der Waals surface area contributed by atoms with Crippen molar-refractivity contribution in [1.82, 2.24) is 9.80 Å². The Hall–Kier alpha value is 0.0300. The second-order valence-electron chi connectivity index (χ2n) is 6.69. The van der Waals surface area contributed by atoms with E-state index in [9.17, 15) is 4.79 Å². The molecule has 0 saturated carbocycles. The van der Waals surface area contributed by atoms with Crippen LogP contribution in [0.4, 0.5) is 0 Å². The van der Waals surface area contributed by atoms with Crippen molar-refractivity contribution in [3.05, 3.63) is 0 Å². The molecule has 4 nitrogen and oxygen atoms in total. The number of likely N-dealkylation sites (tertiary alicyclic amines) is 2. The average molecular weight is 350 g/mol. The van der Waals surface area contributed by atoms with Crippen molar-refractivity contribution in [2.75, 3.05) is 45.2 Å². The van der Waals surface area contributed by atoms with Gasteiger partial charge in [-0.05, 0) is 76.1 Å². The Kier molecular flexibility index (Phi) is 9.14. The third kappa shape index (κ3) is 5.59. The fraction of sp³-hybridized carbons (Fsp3) is 0.938. The van der Waals surface area contributed by atoms with E-state index in [1.807, 2.05) is 4.90 Å². The van der Waals surface area contributed by atoms with E-state index in [1.165, 1.54) is 38.8 Å². The highest BCUT2D eigenvalue weighted by atomic mass is 35.5. The number of piperidine rings is 2. The van der Waals surface area contributed by atoms with Crippen molar-refractivity contribution >= 4 is 30.1 Å². The summed E-state index contributed by atoms with van der Waals surface area (Å²) in [5, 5.41) is 0. The molecule has 2 N–H and O–H groups in total. The van der Waals surface area contributed by atoms with Crippen LogP contribution >= 0.6 is 24.2 Å². The second-order valence-corrected chi connectivity index (χ2v) is 7.68. The quantitative estimate of drug-likeness (QED) is 0.825. The molecule has 0 unspecified atom stereocenters. The minimum atomic E-state index is -0.294. The van der Waals surface area contributed by atoms with E-state index in [0.717, 1.165) is 37.1 Å². The van der Waals surface area contributed by atoms with Gasteiger partial charge in [-0.15, -0.1) is 12.4 Å². The lowest BCUT2D eigenvalue weighted by molar-refractivity contribution is -0.134. The van der Waals surface area contributed by atoms with Crippen LogP contribution in [0.25, 0.3) is 0 Å². The smallest absolute Gasteiger partial charge is 0.239 e. The molecule has 1 atom stereocenters. The first kappa shape index (κ1) is 20.1. The number of amides is 1. The van der Waals surface area contributed by atoms with Crippen LogP contribution in [0.5, 0.6) is 0 Å². The maximum Gasteiger partial charge on any atom is 0.239 e. The molecule has 0 spiro atoms. The molecule has 2 heterocycles. The van der Waals surface area contributed by atoms with Crippen molar-refractivity contribution in [2.45, 2.75) is 38.1 Å². The number of thioether (sulfide) groups is 1. The Morgan fingerprint density at radius 3 is 2.14 bits per heavy atom. The van der Waals surface area contributed by atoms with Gasteiger partial charge in [0.2, 0.25) is 5.91 Å². The highest BCUT2D eigenvalue weighted by molar-refractivity contribution is 7.98. The number of nitrogens with two attached hydrogens (primary N) is 1. The van der Waals surface area contributed by atoms with Crippen molar-refractivity contribution < 1.29 is 4.79 Å². The van der Waals surface area contributed by atoms with Gasteiger partial charge in [0.05, 0.1) is 6.04 Å². The summed E-state index contributed by atoms with van der Waals surface area (Å²) >= 11 is 1.76. The first-order chi connectivity index (χ1) is 10.1. The van der Waals surface area contributed by atoms with Crippen LogP contribution in [-0.2, 0) is 4.79 Å². The van der Waals surface area contributed by atoms with Gasteiger partial charge in [-0.2, -0.15) is 11.8 Å². The SMILES string of the molecule is CSCC[C@@H](N)C(=O)N1CCC(C2CCN(C)CC2)CC1.Cl. The van der Waals surface area contributed by atoms with Crippen LogP contribution < -0.4 is 5.73 Å². The molecule has 1 amide bonds. The van der Waals surface area contributed by atoms with E-state index in [1.54, 1.807) is 11.8 Å². The Morgan fingerprint density at radius 2 is 1.64 bits per heavy atom. The Labute approximate surface area is 145 Å². The van der Waals surface area contributed by atoms with Gasteiger partial charge in [0.15, 0.2) is 0 Å². The molecule has 2 aliphatic rings. The molecule has 2 fully saturated rings. The minimum absolute atomic E-state index is 0. The molecule has 0 aliphatic carbocycles. The van der Waals surface area contributed by atoms with E-state index >= 15 is 0 Å². The van der Waals surface area contributed by atoms with Crippen LogP contribution in [0.15, 0.2) is 0 Å². The number of hydrogen-bond acceptors (Lipinski definition) is 4. The number of nitrogens with zero attached hydrogens (tertiary/aromatic N) is 2. The molecule has 6 heteroatoms. The van der Waals surface area contributed by atoms with Crippen LogP contribution in [0.1, 0.15) is 32.1 Å². The zero-order valence-corrected chi connectivity index (χ0v) is 15.6. The van der Waals surface area contributed by atoms with Crippen LogP contribution in [0.3, 0.4) is 0 Å². The largest absolute Gasteiger partial charge is 0.341 e. The molecular formula is C16H32ClN3OS.